The molecule has 0 bridgehead atoms. The number of hydrogen-bond donors (Lipinski definition) is 1. The molecule has 13 heavy (non-hydrogen) atoms. The van der Waals surface area contributed by atoms with Crippen LogP contribution in [0.3, 0.4) is 0 Å². The van der Waals surface area contributed by atoms with Crippen molar-refractivity contribution in [3.8, 4) is 5.69 Å². The molecule has 2 aromatic heterocycles. The Morgan fingerprint density at radius 1 is 1.23 bits per heavy atom. The second-order valence-electron chi connectivity index (χ2n) is 2.37. The van der Waals surface area contributed by atoms with Crippen molar-refractivity contribution in [3.63, 3.8) is 0 Å². The molecule has 0 aromatic carbocycles. The van der Waals surface area contributed by atoms with Crippen LogP contribution in [0.5, 0.6) is 0 Å². The summed E-state index contributed by atoms with van der Waals surface area (Å²) in [5, 5.41) is 2.63. The van der Waals surface area contributed by atoms with Crippen LogP contribution in [0.1, 0.15) is 0 Å². The topological polar surface area (TPSA) is 50.7 Å². The standard InChI is InChI=1S/C8H7N3O.ClH/c12-8-3-6-11(10-8)7-1-4-9-5-2-7;/h1-6H,(H,10,12);1H. The summed E-state index contributed by atoms with van der Waals surface area (Å²) in [4.78, 5) is 14.6. The zero-order valence-corrected chi connectivity index (χ0v) is 7.49. The summed E-state index contributed by atoms with van der Waals surface area (Å²) in [5.74, 6) is 0. The third kappa shape index (κ3) is 1.97. The molecule has 5 heteroatoms. The minimum absolute atomic E-state index is 0. The Labute approximate surface area is 80.6 Å². The molecular weight excluding hydrogens is 190 g/mol. The van der Waals surface area contributed by atoms with E-state index in [9.17, 15) is 4.79 Å². The molecule has 2 rings (SSSR count). The summed E-state index contributed by atoms with van der Waals surface area (Å²) >= 11 is 0. The third-order valence-corrected chi connectivity index (χ3v) is 1.55. The molecule has 0 unspecified atom stereocenters. The lowest BCUT2D eigenvalue weighted by molar-refractivity contribution is 0.861. The molecule has 0 atom stereocenters. The molecule has 1 N–H and O–H groups in total. The Morgan fingerprint density at radius 3 is 2.46 bits per heavy atom. The quantitative estimate of drug-likeness (QED) is 0.741. The van der Waals surface area contributed by atoms with E-state index in [1.54, 1.807) is 23.3 Å². The number of nitrogens with one attached hydrogen (secondary N) is 1. The van der Waals surface area contributed by atoms with Crippen molar-refractivity contribution in [2.24, 2.45) is 0 Å². The fraction of sp³-hybridized carbons (Fsp3) is 0. The summed E-state index contributed by atoms with van der Waals surface area (Å²) in [6, 6.07) is 5.10. The summed E-state index contributed by atoms with van der Waals surface area (Å²) < 4.78 is 1.64. The molecule has 0 aliphatic heterocycles. The summed E-state index contributed by atoms with van der Waals surface area (Å²) in [7, 11) is 0. The molecule has 0 saturated carbocycles. The normalized spacial score (nSPS) is 9.23. The highest BCUT2D eigenvalue weighted by Crippen LogP contribution is 2.00. The number of hydrogen-bond acceptors (Lipinski definition) is 2. The maximum absolute atomic E-state index is 10.8. The van der Waals surface area contributed by atoms with Crippen molar-refractivity contribution in [1.82, 2.24) is 14.8 Å². The van der Waals surface area contributed by atoms with Crippen LogP contribution in [0, 0.1) is 0 Å². The zero-order chi connectivity index (χ0) is 8.39. The first-order valence-corrected chi connectivity index (χ1v) is 3.54. The zero-order valence-electron chi connectivity index (χ0n) is 6.68. The molecule has 0 fully saturated rings. The number of nitrogens with zero attached hydrogens (tertiary/aromatic N) is 2. The van der Waals surface area contributed by atoms with E-state index in [4.69, 9.17) is 0 Å². The minimum Gasteiger partial charge on any atom is -0.268 e. The maximum Gasteiger partial charge on any atom is 0.264 e. The Bertz CT molecular complexity index is 420. The average molecular weight is 198 g/mol. The van der Waals surface area contributed by atoms with Gasteiger partial charge in [0.2, 0.25) is 0 Å². The fourth-order valence-corrected chi connectivity index (χ4v) is 0.991. The van der Waals surface area contributed by atoms with Crippen molar-refractivity contribution >= 4 is 12.4 Å². The fourth-order valence-electron chi connectivity index (χ4n) is 0.991. The van der Waals surface area contributed by atoms with Gasteiger partial charge in [-0.3, -0.25) is 19.6 Å². The molecular formula is C8H8ClN3O. The van der Waals surface area contributed by atoms with E-state index in [0.29, 0.717) is 0 Å². The van der Waals surface area contributed by atoms with Crippen LogP contribution in [0.2, 0.25) is 0 Å². The van der Waals surface area contributed by atoms with Gasteiger partial charge in [-0.05, 0) is 12.1 Å². The van der Waals surface area contributed by atoms with Crippen molar-refractivity contribution in [2.45, 2.75) is 0 Å². The first-order chi connectivity index (χ1) is 5.86. The van der Waals surface area contributed by atoms with Gasteiger partial charge in [0.25, 0.3) is 5.56 Å². The van der Waals surface area contributed by atoms with Gasteiger partial charge in [0, 0.05) is 24.7 Å². The highest BCUT2D eigenvalue weighted by Gasteiger charge is 1.93. The Hall–Kier alpha value is -1.55. The van der Waals surface area contributed by atoms with Crippen LogP contribution < -0.4 is 5.56 Å². The van der Waals surface area contributed by atoms with E-state index in [-0.39, 0.29) is 18.0 Å². The van der Waals surface area contributed by atoms with Crippen molar-refractivity contribution < 1.29 is 0 Å². The molecule has 0 amide bonds. The first-order valence-electron chi connectivity index (χ1n) is 3.54. The smallest absolute Gasteiger partial charge is 0.264 e. The number of rotatable bonds is 1. The van der Waals surface area contributed by atoms with E-state index in [0.717, 1.165) is 5.69 Å². The predicted octanol–water partition coefficient (Wildman–Crippen LogP) is 0.982. The molecule has 4 nitrogen and oxygen atoms in total. The van der Waals surface area contributed by atoms with Crippen molar-refractivity contribution in [3.05, 3.63) is 47.1 Å². The van der Waals surface area contributed by atoms with Gasteiger partial charge < -0.3 is 0 Å². The maximum atomic E-state index is 10.8. The van der Waals surface area contributed by atoms with Gasteiger partial charge in [0.1, 0.15) is 0 Å². The largest absolute Gasteiger partial charge is 0.268 e. The van der Waals surface area contributed by atoms with Crippen LogP contribution in [-0.4, -0.2) is 14.8 Å². The Kier molecular flexibility index (Phi) is 2.87. The van der Waals surface area contributed by atoms with Crippen LogP contribution in [0.15, 0.2) is 41.6 Å². The molecule has 2 aromatic rings. The number of halogens is 1. The van der Waals surface area contributed by atoms with Gasteiger partial charge in [-0.25, -0.2) is 0 Å². The molecule has 68 valence electrons. The van der Waals surface area contributed by atoms with Crippen LogP contribution in [0.4, 0.5) is 0 Å². The van der Waals surface area contributed by atoms with E-state index >= 15 is 0 Å². The van der Waals surface area contributed by atoms with Crippen molar-refractivity contribution in [1.29, 1.82) is 0 Å². The molecule has 0 aliphatic carbocycles. The monoisotopic (exact) mass is 197 g/mol. The van der Waals surface area contributed by atoms with Gasteiger partial charge in [-0.1, -0.05) is 0 Å². The minimum atomic E-state index is -0.105. The van der Waals surface area contributed by atoms with Crippen LogP contribution >= 0.6 is 12.4 Å². The van der Waals surface area contributed by atoms with Gasteiger partial charge in [-0.15, -0.1) is 12.4 Å². The summed E-state index contributed by atoms with van der Waals surface area (Å²) in [6.07, 6.45) is 5.03. The Morgan fingerprint density at radius 2 is 1.92 bits per heavy atom. The third-order valence-electron chi connectivity index (χ3n) is 1.55. The van der Waals surface area contributed by atoms with Crippen LogP contribution in [0.25, 0.3) is 5.69 Å². The van der Waals surface area contributed by atoms with E-state index in [1.165, 1.54) is 6.07 Å². The van der Waals surface area contributed by atoms with Crippen molar-refractivity contribution in [2.75, 3.05) is 0 Å². The van der Waals surface area contributed by atoms with Gasteiger partial charge in [0.05, 0.1) is 5.69 Å². The lowest BCUT2D eigenvalue weighted by Gasteiger charge is -1.98. The summed E-state index contributed by atoms with van der Waals surface area (Å²) in [6.45, 7) is 0. The molecule has 0 aliphatic rings. The highest BCUT2D eigenvalue weighted by atomic mass is 35.5. The number of aromatic nitrogens is 3. The summed E-state index contributed by atoms with van der Waals surface area (Å²) in [5.41, 5.74) is 0.791. The highest BCUT2D eigenvalue weighted by molar-refractivity contribution is 5.85. The second-order valence-corrected chi connectivity index (χ2v) is 2.37. The van der Waals surface area contributed by atoms with E-state index < -0.39 is 0 Å². The lowest BCUT2D eigenvalue weighted by atomic mass is 10.4. The van der Waals surface area contributed by atoms with E-state index in [1.807, 2.05) is 12.1 Å². The van der Waals surface area contributed by atoms with Gasteiger partial charge >= 0.3 is 0 Å². The SMILES string of the molecule is Cl.O=c1ccn(-c2ccncc2)[nH]1. The van der Waals surface area contributed by atoms with Crippen LogP contribution in [-0.2, 0) is 0 Å². The average Bonchev–Trinajstić information content (AvgIpc) is 2.54. The van der Waals surface area contributed by atoms with Gasteiger partial charge in [0.15, 0.2) is 0 Å². The second kappa shape index (κ2) is 3.91. The molecule has 0 saturated heterocycles. The molecule has 0 spiro atoms. The number of aromatic amines is 1. The lowest BCUT2D eigenvalue weighted by Crippen LogP contribution is -2.02. The molecule has 2 heterocycles. The first kappa shape index (κ1) is 9.54. The molecule has 0 radical (unpaired) electrons. The van der Waals surface area contributed by atoms with Gasteiger partial charge in [-0.2, -0.15) is 0 Å². The number of pyridine rings is 1. The predicted molar refractivity (Wildman–Crippen MR) is 51.4 cm³/mol. The Balaban J connectivity index is 0.000000845. The number of H-pyrrole nitrogens is 1. The van der Waals surface area contributed by atoms with E-state index in [2.05, 4.69) is 10.1 Å².